The van der Waals surface area contributed by atoms with Gasteiger partial charge in [0.25, 0.3) is 5.91 Å². The van der Waals surface area contributed by atoms with Crippen molar-refractivity contribution in [2.45, 2.75) is 37.4 Å². The topological polar surface area (TPSA) is 112 Å². The van der Waals surface area contributed by atoms with Crippen LogP contribution in [0.25, 0.3) is 0 Å². The molecule has 1 aliphatic heterocycles. The molecule has 2 heterocycles. The third-order valence-corrected chi connectivity index (χ3v) is 5.43. The Kier molecular flexibility index (Phi) is 4.79. The summed E-state index contributed by atoms with van der Waals surface area (Å²) in [6.07, 6.45) is 5.80. The van der Waals surface area contributed by atoms with Crippen molar-refractivity contribution in [2.75, 3.05) is 7.11 Å². The third kappa shape index (κ3) is 3.27. The molecule has 4 unspecified atom stereocenters. The summed E-state index contributed by atoms with van der Waals surface area (Å²) < 4.78 is 10.8. The van der Waals surface area contributed by atoms with E-state index >= 15 is 0 Å². The highest BCUT2D eigenvalue weighted by molar-refractivity contribution is 5.97. The SMILES string of the molecule is COc1c(C#N)cccc1C(=O)NC1CCC2NNC(c3cnco3)C2C1. The first-order chi connectivity index (χ1) is 13.2. The molecule has 140 valence electrons. The largest absolute Gasteiger partial charge is 0.495 e. The van der Waals surface area contributed by atoms with Gasteiger partial charge in [0.15, 0.2) is 6.39 Å². The molecule has 4 rings (SSSR count). The Labute approximate surface area is 156 Å². The number of methoxy groups -OCH3 is 1. The van der Waals surface area contributed by atoms with E-state index in [0.717, 1.165) is 25.0 Å². The van der Waals surface area contributed by atoms with E-state index in [-0.39, 0.29) is 18.0 Å². The van der Waals surface area contributed by atoms with Crippen molar-refractivity contribution in [3.63, 3.8) is 0 Å². The number of nitriles is 1. The monoisotopic (exact) mass is 367 g/mol. The maximum Gasteiger partial charge on any atom is 0.255 e. The smallest absolute Gasteiger partial charge is 0.255 e. The summed E-state index contributed by atoms with van der Waals surface area (Å²) in [6, 6.07) is 7.48. The minimum Gasteiger partial charge on any atom is -0.495 e. The number of hydrazine groups is 1. The van der Waals surface area contributed by atoms with Crippen LogP contribution in [0.5, 0.6) is 5.75 Å². The quantitative estimate of drug-likeness (QED) is 0.753. The van der Waals surface area contributed by atoms with Gasteiger partial charge in [-0.3, -0.25) is 10.2 Å². The Morgan fingerprint density at radius 2 is 2.30 bits per heavy atom. The normalized spacial score (nSPS) is 26.8. The van der Waals surface area contributed by atoms with Crippen LogP contribution in [0.1, 0.15) is 47.0 Å². The van der Waals surface area contributed by atoms with Gasteiger partial charge in [-0.1, -0.05) is 6.07 Å². The molecule has 8 heteroatoms. The average molecular weight is 367 g/mol. The molecule has 2 aromatic rings. The zero-order valence-electron chi connectivity index (χ0n) is 14.9. The minimum absolute atomic E-state index is 0.0358. The van der Waals surface area contributed by atoms with Crippen molar-refractivity contribution < 1.29 is 13.9 Å². The van der Waals surface area contributed by atoms with Crippen LogP contribution >= 0.6 is 0 Å². The van der Waals surface area contributed by atoms with Gasteiger partial charge in [-0.2, -0.15) is 5.26 Å². The second-order valence-corrected chi connectivity index (χ2v) is 6.92. The van der Waals surface area contributed by atoms with Gasteiger partial charge in [-0.15, -0.1) is 0 Å². The maximum atomic E-state index is 12.8. The highest BCUT2D eigenvalue weighted by Gasteiger charge is 2.42. The number of para-hydroxylation sites is 1. The van der Waals surface area contributed by atoms with Crippen molar-refractivity contribution in [2.24, 2.45) is 5.92 Å². The second kappa shape index (κ2) is 7.39. The van der Waals surface area contributed by atoms with E-state index < -0.39 is 0 Å². The average Bonchev–Trinajstić information content (AvgIpc) is 3.36. The Balaban J connectivity index is 1.48. The molecule has 1 aromatic heterocycles. The Hall–Kier alpha value is -2.89. The predicted octanol–water partition coefficient (Wildman–Crippen LogP) is 1.67. The maximum absolute atomic E-state index is 12.8. The fourth-order valence-corrected chi connectivity index (χ4v) is 4.14. The molecule has 4 atom stereocenters. The lowest BCUT2D eigenvalue weighted by atomic mass is 9.78. The van der Waals surface area contributed by atoms with Crippen LogP contribution in [0.2, 0.25) is 0 Å². The van der Waals surface area contributed by atoms with Crippen LogP contribution < -0.4 is 20.9 Å². The first-order valence-corrected chi connectivity index (χ1v) is 8.98. The lowest BCUT2D eigenvalue weighted by Crippen LogP contribution is -2.44. The van der Waals surface area contributed by atoms with Crippen molar-refractivity contribution >= 4 is 5.91 Å². The molecular weight excluding hydrogens is 346 g/mol. The van der Waals surface area contributed by atoms with Crippen LogP contribution in [0.15, 0.2) is 35.2 Å². The van der Waals surface area contributed by atoms with Gasteiger partial charge in [-0.05, 0) is 31.4 Å². The van der Waals surface area contributed by atoms with Crippen molar-refractivity contribution in [1.29, 1.82) is 5.26 Å². The standard InChI is InChI=1S/C19H21N5O3/c1-26-18-11(8-20)3-2-4-13(18)19(25)22-12-5-6-15-14(7-12)17(24-23-15)16-9-21-10-27-16/h2-4,9-10,12,14-15,17,23-24H,5-7H2,1H3,(H,22,25). The number of ether oxygens (including phenoxy) is 1. The number of nitrogens with zero attached hydrogens (tertiary/aromatic N) is 2. The summed E-state index contributed by atoms with van der Waals surface area (Å²) in [4.78, 5) is 16.8. The molecule has 8 nitrogen and oxygen atoms in total. The Morgan fingerprint density at radius 1 is 1.41 bits per heavy atom. The van der Waals surface area contributed by atoms with E-state index in [9.17, 15) is 10.1 Å². The van der Waals surface area contributed by atoms with Crippen LogP contribution in [0.4, 0.5) is 0 Å². The van der Waals surface area contributed by atoms with E-state index in [1.54, 1.807) is 24.4 Å². The van der Waals surface area contributed by atoms with E-state index in [0.29, 0.717) is 28.8 Å². The number of benzene rings is 1. The van der Waals surface area contributed by atoms with Crippen LogP contribution in [-0.2, 0) is 0 Å². The van der Waals surface area contributed by atoms with Crippen LogP contribution in [0.3, 0.4) is 0 Å². The molecule has 1 amide bonds. The molecule has 0 spiro atoms. The minimum atomic E-state index is -0.220. The lowest BCUT2D eigenvalue weighted by Gasteiger charge is -2.33. The number of nitrogens with one attached hydrogen (secondary N) is 3. The number of aromatic nitrogens is 1. The highest BCUT2D eigenvalue weighted by atomic mass is 16.5. The molecule has 2 aliphatic rings. The summed E-state index contributed by atoms with van der Waals surface area (Å²) >= 11 is 0. The molecule has 2 fully saturated rings. The van der Waals surface area contributed by atoms with E-state index in [1.807, 2.05) is 0 Å². The van der Waals surface area contributed by atoms with Crippen molar-refractivity contribution in [3.05, 3.63) is 47.7 Å². The fraction of sp³-hybridized carbons (Fsp3) is 0.421. The predicted molar refractivity (Wildman–Crippen MR) is 95.6 cm³/mol. The number of hydrogen-bond donors (Lipinski definition) is 3. The summed E-state index contributed by atoms with van der Waals surface area (Å²) in [6.45, 7) is 0. The number of fused-ring (bicyclic) bond motifs is 1. The number of rotatable bonds is 4. The molecule has 1 aliphatic carbocycles. The van der Waals surface area contributed by atoms with Gasteiger partial charge in [0.05, 0.1) is 30.5 Å². The van der Waals surface area contributed by atoms with Gasteiger partial charge < -0.3 is 14.5 Å². The third-order valence-electron chi connectivity index (χ3n) is 5.43. The Bertz CT molecular complexity index is 861. The number of amides is 1. The zero-order valence-corrected chi connectivity index (χ0v) is 14.9. The molecule has 0 bridgehead atoms. The molecule has 1 aromatic carbocycles. The molecule has 27 heavy (non-hydrogen) atoms. The van der Waals surface area contributed by atoms with E-state index in [4.69, 9.17) is 9.15 Å². The van der Waals surface area contributed by atoms with Gasteiger partial charge in [-0.25, -0.2) is 10.4 Å². The van der Waals surface area contributed by atoms with Crippen molar-refractivity contribution in [1.82, 2.24) is 21.2 Å². The summed E-state index contributed by atoms with van der Waals surface area (Å²) in [7, 11) is 1.47. The molecule has 3 N–H and O–H groups in total. The zero-order chi connectivity index (χ0) is 18.8. The number of hydrogen-bond acceptors (Lipinski definition) is 7. The fourth-order valence-electron chi connectivity index (χ4n) is 4.14. The van der Waals surface area contributed by atoms with E-state index in [2.05, 4.69) is 27.2 Å². The highest BCUT2D eigenvalue weighted by Crippen LogP contribution is 2.38. The Morgan fingerprint density at radius 3 is 3.04 bits per heavy atom. The van der Waals surface area contributed by atoms with Crippen molar-refractivity contribution in [3.8, 4) is 11.8 Å². The molecule has 1 saturated carbocycles. The number of oxazole rings is 1. The first kappa shape index (κ1) is 17.5. The molecule has 0 radical (unpaired) electrons. The van der Waals surface area contributed by atoms with Crippen LogP contribution in [0, 0.1) is 17.2 Å². The van der Waals surface area contributed by atoms with Gasteiger partial charge >= 0.3 is 0 Å². The van der Waals surface area contributed by atoms with E-state index in [1.165, 1.54) is 13.5 Å². The van der Waals surface area contributed by atoms with Gasteiger partial charge in [0.1, 0.15) is 17.6 Å². The van der Waals surface area contributed by atoms with Gasteiger partial charge in [0, 0.05) is 18.0 Å². The molecular formula is C19H21N5O3. The lowest BCUT2D eigenvalue weighted by molar-refractivity contribution is 0.0911. The second-order valence-electron chi connectivity index (χ2n) is 6.92. The summed E-state index contributed by atoms with van der Waals surface area (Å²) in [5.74, 6) is 1.19. The van der Waals surface area contributed by atoms with Gasteiger partial charge in [0.2, 0.25) is 0 Å². The number of carbonyl (C=O) groups is 1. The van der Waals surface area contributed by atoms with Crippen LogP contribution in [-0.4, -0.2) is 30.1 Å². The summed E-state index contributed by atoms with van der Waals surface area (Å²) in [5, 5.41) is 12.3. The number of carbonyl (C=O) groups excluding carboxylic acids is 1. The molecule has 1 saturated heterocycles. The summed E-state index contributed by atoms with van der Waals surface area (Å²) in [5.41, 5.74) is 7.35. The first-order valence-electron chi connectivity index (χ1n) is 8.98.